The minimum absolute atomic E-state index is 0.0979. The molecule has 0 saturated carbocycles. The van der Waals surface area contributed by atoms with E-state index in [2.05, 4.69) is 5.32 Å². The van der Waals surface area contributed by atoms with Crippen molar-refractivity contribution in [3.63, 3.8) is 0 Å². The van der Waals surface area contributed by atoms with Crippen LogP contribution in [0.5, 0.6) is 0 Å². The Labute approximate surface area is 169 Å². The second-order valence-corrected chi connectivity index (χ2v) is 7.10. The molecule has 1 heterocycles. The second kappa shape index (κ2) is 16.9. The highest BCUT2D eigenvalue weighted by Crippen LogP contribution is 2.12. The van der Waals surface area contributed by atoms with Gasteiger partial charge in [-0.1, -0.05) is 25.7 Å². The quantitative estimate of drug-likeness (QED) is 0.373. The molecule has 0 aromatic heterocycles. The molecule has 0 aromatic rings. The van der Waals surface area contributed by atoms with E-state index in [1.807, 2.05) is 0 Å². The van der Waals surface area contributed by atoms with Crippen LogP contribution in [0.1, 0.15) is 51.4 Å². The average molecular weight is 402 g/mol. The van der Waals surface area contributed by atoms with E-state index in [-0.39, 0.29) is 24.5 Å². The van der Waals surface area contributed by atoms with Crippen molar-refractivity contribution in [2.45, 2.75) is 57.4 Å². The molecule has 0 bridgehead atoms. The highest BCUT2D eigenvalue weighted by atomic mass is 16.5. The highest BCUT2D eigenvalue weighted by Gasteiger charge is 2.29. The second-order valence-electron chi connectivity index (χ2n) is 7.10. The van der Waals surface area contributed by atoms with Gasteiger partial charge in [0.2, 0.25) is 5.91 Å². The van der Waals surface area contributed by atoms with Crippen LogP contribution < -0.4 is 11.1 Å². The van der Waals surface area contributed by atoms with Crippen LogP contribution in [-0.4, -0.2) is 82.5 Å². The van der Waals surface area contributed by atoms with Gasteiger partial charge in [-0.3, -0.25) is 14.5 Å². The van der Waals surface area contributed by atoms with Gasteiger partial charge in [0.05, 0.1) is 32.5 Å². The van der Waals surface area contributed by atoms with Crippen molar-refractivity contribution < 1.29 is 23.8 Å². The number of nitrogens with one attached hydrogen (secondary N) is 1. The maximum atomic E-state index is 12.8. The molecule has 8 heteroatoms. The van der Waals surface area contributed by atoms with Gasteiger partial charge in [0.25, 0.3) is 5.91 Å². The summed E-state index contributed by atoms with van der Waals surface area (Å²) in [6.07, 6.45) is 7.86. The van der Waals surface area contributed by atoms with Gasteiger partial charge in [0, 0.05) is 13.7 Å². The normalized spacial score (nSPS) is 16.9. The first kappa shape index (κ1) is 25.0. The molecule has 1 saturated heterocycles. The van der Waals surface area contributed by atoms with Crippen molar-refractivity contribution in [2.24, 2.45) is 5.73 Å². The molecule has 0 spiro atoms. The van der Waals surface area contributed by atoms with E-state index in [9.17, 15) is 9.59 Å². The Morgan fingerprint density at radius 3 is 2.43 bits per heavy atom. The number of amides is 2. The van der Waals surface area contributed by atoms with Crippen molar-refractivity contribution >= 4 is 11.8 Å². The van der Waals surface area contributed by atoms with Crippen LogP contribution in [-0.2, 0) is 23.8 Å². The van der Waals surface area contributed by atoms with Crippen molar-refractivity contribution in [1.29, 1.82) is 0 Å². The molecule has 8 nitrogen and oxygen atoms in total. The molecule has 1 aliphatic heterocycles. The zero-order valence-electron chi connectivity index (χ0n) is 17.5. The maximum absolute atomic E-state index is 12.8. The molecule has 1 unspecified atom stereocenters. The number of piperidine rings is 1. The van der Waals surface area contributed by atoms with Crippen LogP contribution in [0, 0.1) is 0 Å². The summed E-state index contributed by atoms with van der Waals surface area (Å²) in [6, 6.07) is -0.257. The molecule has 28 heavy (non-hydrogen) atoms. The topological polar surface area (TPSA) is 103 Å². The lowest BCUT2D eigenvalue weighted by molar-refractivity contribution is -0.149. The first-order valence-electron chi connectivity index (χ1n) is 10.6. The summed E-state index contributed by atoms with van der Waals surface area (Å²) in [7, 11) is 1.61. The Morgan fingerprint density at radius 1 is 1.00 bits per heavy atom. The number of imide groups is 1. The predicted octanol–water partition coefficient (Wildman–Crippen LogP) is 1.07. The summed E-state index contributed by atoms with van der Waals surface area (Å²) in [5, 5.41) is 3.24. The Morgan fingerprint density at radius 2 is 1.71 bits per heavy atom. The van der Waals surface area contributed by atoms with Crippen molar-refractivity contribution in [3.8, 4) is 0 Å². The Kier molecular flexibility index (Phi) is 15.0. The fourth-order valence-electron chi connectivity index (χ4n) is 3.15. The standard InChI is InChI=1S/C20H39N3O5/c1-26-13-14-27-15-16-28-17-19(24)23(12-8-4-2-3-6-10-21)20(25)18-9-5-7-11-22-18/h18,22H,2-17,21H2,1H3. The third-order valence-electron chi connectivity index (χ3n) is 4.79. The summed E-state index contributed by atoms with van der Waals surface area (Å²) in [4.78, 5) is 26.8. The summed E-state index contributed by atoms with van der Waals surface area (Å²) >= 11 is 0. The molecule has 0 aliphatic carbocycles. The van der Waals surface area contributed by atoms with Crippen LogP contribution in [0.25, 0.3) is 0 Å². The van der Waals surface area contributed by atoms with Gasteiger partial charge in [-0.25, -0.2) is 0 Å². The Hall–Kier alpha value is -1.06. The summed E-state index contributed by atoms with van der Waals surface area (Å²) in [6.45, 7) is 3.63. The minimum Gasteiger partial charge on any atom is -0.382 e. The van der Waals surface area contributed by atoms with Gasteiger partial charge in [0.1, 0.15) is 6.61 Å². The lowest BCUT2D eigenvalue weighted by Gasteiger charge is -2.29. The fourth-order valence-corrected chi connectivity index (χ4v) is 3.15. The maximum Gasteiger partial charge on any atom is 0.255 e. The number of unbranched alkanes of at least 4 members (excludes halogenated alkanes) is 4. The van der Waals surface area contributed by atoms with Gasteiger partial charge in [0.15, 0.2) is 0 Å². The predicted molar refractivity (Wildman–Crippen MR) is 108 cm³/mol. The van der Waals surface area contributed by atoms with Gasteiger partial charge >= 0.3 is 0 Å². The molecular weight excluding hydrogens is 362 g/mol. The van der Waals surface area contributed by atoms with E-state index in [0.29, 0.717) is 39.5 Å². The zero-order valence-corrected chi connectivity index (χ0v) is 17.5. The molecule has 0 radical (unpaired) electrons. The van der Waals surface area contributed by atoms with Gasteiger partial charge < -0.3 is 25.3 Å². The smallest absolute Gasteiger partial charge is 0.255 e. The van der Waals surface area contributed by atoms with E-state index in [1.54, 1.807) is 7.11 Å². The summed E-state index contributed by atoms with van der Waals surface area (Å²) in [5.41, 5.74) is 5.51. The van der Waals surface area contributed by atoms with Crippen molar-refractivity contribution in [3.05, 3.63) is 0 Å². The third-order valence-corrected chi connectivity index (χ3v) is 4.79. The number of hydrogen-bond donors (Lipinski definition) is 2. The first-order chi connectivity index (χ1) is 13.7. The van der Waals surface area contributed by atoms with Crippen molar-refractivity contribution in [2.75, 3.05) is 59.8 Å². The van der Waals surface area contributed by atoms with Crippen LogP contribution in [0.15, 0.2) is 0 Å². The molecule has 2 amide bonds. The van der Waals surface area contributed by atoms with E-state index in [1.165, 1.54) is 4.90 Å². The van der Waals surface area contributed by atoms with Gasteiger partial charge in [-0.05, 0) is 38.8 Å². The average Bonchev–Trinajstić information content (AvgIpc) is 2.72. The number of carbonyl (C=O) groups excluding carboxylic acids is 2. The number of methoxy groups -OCH3 is 1. The number of carbonyl (C=O) groups is 2. The molecular formula is C20H39N3O5. The Bertz CT molecular complexity index is 417. The first-order valence-corrected chi connectivity index (χ1v) is 10.6. The molecule has 1 aliphatic rings. The summed E-state index contributed by atoms with van der Waals surface area (Å²) < 4.78 is 15.6. The van der Waals surface area contributed by atoms with E-state index in [0.717, 1.165) is 57.9 Å². The van der Waals surface area contributed by atoms with Crippen LogP contribution in [0.4, 0.5) is 0 Å². The summed E-state index contributed by atoms with van der Waals surface area (Å²) in [5.74, 6) is -0.386. The largest absolute Gasteiger partial charge is 0.382 e. The zero-order chi connectivity index (χ0) is 20.5. The molecule has 1 fully saturated rings. The fraction of sp³-hybridized carbons (Fsp3) is 0.900. The lowest BCUT2D eigenvalue weighted by Crippen LogP contribution is -2.51. The highest BCUT2D eigenvalue weighted by molar-refractivity contribution is 5.98. The van der Waals surface area contributed by atoms with Gasteiger partial charge in [-0.2, -0.15) is 0 Å². The number of hydrogen-bond acceptors (Lipinski definition) is 7. The number of ether oxygens (including phenoxy) is 3. The SMILES string of the molecule is COCCOCCOCC(=O)N(CCCCCCCN)C(=O)C1CCCCN1. The number of nitrogens with zero attached hydrogens (tertiary/aromatic N) is 1. The number of nitrogens with two attached hydrogens (primary N) is 1. The Balaban J connectivity index is 2.39. The van der Waals surface area contributed by atoms with E-state index >= 15 is 0 Å². The van der Waals surface area contributed by atoms with Crippen LogP contribution >= 0.6 is 0 Å². The van der Waals surface area contributed by atoms with Crippen LogP contribution in [0.2, 0.25) is 0 Å². The molecule has 3 N–H and O–H groups in total. The molecule has 164 valence electrons. The van der Waals surface area contributed by atoms with Crippen molar-refractivity contribution in [1.82, 2.24) is 10.2 Å². The van der Waals surface area contributed by atoms with E-state index in [4.69, 9.17) is 19.9 Å². The van der Waals surface area contributed by atoms with Crippen LogP contribution in [0.3, 0.4) is 0 Å². The minimum atomic E-state index is -0.267. The number of rotatable bonds is 16. The monoisotopic (exact) mass is 401 g/mol. The molecule has 0 aromatic carbocycles. The van der Waals surface area contributed by atoms with Gasteiger partial charge in [-0.15, -0.1) is 0 Å². The third kappa shape index (κ3) is 11.1. The van der Waals surface area contributed by atoms with E-state index < -0.39 is 0 Å². The lowest BCUT2D eigenvalue weighted by atomic mass is 10.0. The molecule has 1 rings (SSSR count). The molecule has 1 atom stereocenters.